The third-order valence-corrected chi connectivity index (χ3v) is 15.3. The Bertz CT molecular complexity index is 4080. The number of thiophene rings is 1. The van der Waals surface area contributed by atoms with Gasteiger partial charge in [-0.25, -0.2) is 9.97 Å². The first-order valence-corrected chi connectivity index (χ1v) is 25.5. The molecule has 3 nitrogen and oxygen atoms in total. The zero-order valence-electron chi connectivity index (χ0n) is 40.3. The minimum absolute atomic E-state index is 0.258. The first-order valence-electron chi connectivity index (χ1n) is 24.7. The van der Waals surface area contributed by atoms with Gasteiger partial charge in [0.15, 0.2) is 5.82 Å². The summed E-state index contributed by atoms with van der Waals surface area (Å²) in [5, 5.41) is 3.55. The highest BCUT2D eigenvalue weighted by molar-refractivity contribution is 7.26. The second-order valence-electron chi connectivity index (χ2n) is 19.7. The molecule has 0 bridgehead atoms. The van der Waals surface area contributed by atoms with Gasteiger partial charge in [-0.2, -0.15) is 0 Å². The van der Waals surface area contributed by atoms with E-state index in [1.165, 1.54) is 54.4 Å². The van der Waals surface area contributed by atoms with Gasteiger partial charge in [-0.3, -0.25) is 0 Å². The van der Waals surface area contributed by atoms with Crippen molar-refractivity contribution in [2.45, 2.75) is 26.2 Å². The summed E-state index contributed by atoms with van der Waals surface area (Å²) in [6.07, 6.45) is 0. The fourth-order valence-corrected chi connectivity index (χ4v) is 11.8. The maximum atomic E-state index is 5.57. The zero-order valence-corrected chi connectivity index (χ0v) is 41.2. The molecule has 0 N–H and O–H groups in total. The van der Waals surface area contributed by atoms with Crippen LogP contribution in [0.15, 0.2) is 243 Å². The summed E-state index contributed by atoms with van der Waals surface area (Å²) in [5.41, 5.74) is 19.9. The molecule has 13 rings (SSSR count). The van der Waals surface area contributed by atoms with Gasteiger partial charge in [0, 0.05) is 48.7 Å². The number of benzene rings is 10. The summed E-state index contributed by atoms with van der Waals surface area (Å²) in [7, 11) is 0. The predicted molar refractivity (Wildman–Crippen MR) is 306 cm³/mol. The van der Waals surface area contributed by atoms with Crippen molar-refractivity contribution < 1.29 is 0 Å². The Morgan fingerprint density at radius 2 is 0.792 bits per heavy atom. The largest absolute Gasteiger partial charge is 0.307 e. The number of nitrogens with zero attached hydrogens (tertiary/aromatic N) is 3. The van der Waals surface area contributed by atoms with E-state index in [0.717, 1.165) is 71.4 Å². The van der Waals surface area contributed by atoms with E-state index in [-0.39, 0.29) is 5.41 Å². The van der Waals surface area contributed by atoms with Crippen molar-refractivity contribution in [1.82, 2.24) is 14.5 Å². The molecule has 0 unspecified atom stereocenters. The summed E-state index contributed by atoms with van der Waals surface area (Å²) in [6.45, 7) is 7.09. The lowest BCUT2D eigenvalue weighted by Crippen LogP contribution is -2.14. The second-order valence-corrected chi connectivity index (χ2v) is 20.8. The molecule has 0 aliphatic carbocycles. The van der Waals surface area contributed by atoms with Crippen LogP contribution in [-0.4, -0.2) is 14.5 Å². The number of hydrogen-bond acceptors (Lipinski definition) is 3. The van der Waals surface area contributed by atoms with Crippen molar-refractivity contribution in [3.63, 3.8) is 0 Å². The van der Waals surface area contributed by atoms with Crippen molar-refractivity contribution in [2.75, 3.05) is 0 Å². The minimum atomic E-state index is -0.258. The van der Waals surface area contributed by atoms with Crippen LogP contribution in [-0.2, 0) is 5.41 Å². The standard InChI is InChI=1S/C68H49N3S/c1-68(2,3)59-43-51(45-26-12-5-13-27-45)40-58-57-39-50(44-24-10-4-11-25-44)38-54(46-28-14-6-15-29-46)64(57)71(65(58)59)63-55(47-30-16-7-17-31-47)41-52(42-56(63)48-32-18-8-19-33-48)61-66-62(53-36-22-23-37-60(53)72-66)70-67(69-61)49-34-20-9-21-35-49/h4-43H,1-3H3. The average Bonchev–Trinajstić information content (AvgIpc) is 3.99. The molecule has 13 aromatic rings. The van der Waals surface area contributed by atoms with Crippen LogP contribution in [0.1, 0.15) is 26.3 Å². The molecule has 0 saturated carbocycles. The first kappa shape index (κ1) is 43.3. The van der Waals surface area contributed by atoms with Crippen LogP contribution in [0.5, 0.6) is 0 Å². The van der Waals surface area contributed by atoms with Crippen LogP contribution < -0.4 is 0 Å². The van der Waals surface area contributed by atoms with E-state index in [0.29, 0.717) is 5.82 Å². The molecule has 4 heteroatoms. The van der Waals surface area contributed by atoms with Crippen molar-refractivity contribution in [2.24, 2.45) is 0 Å². The number of rotatable bonds is 8. The second kappa shape index (κ2) is 17.6. The van der Waals surface area contributed by atoms with Gasteiger partial charge in [0.1, 0.15) is 0 Å². The fourth-order valence-electron chi connectivity index (χ4n) is 10.7. The van der Waals surface area contributed by atoms with Gasteiger partial charge >= 0.3 is 0 Å². The van der Waals surface area contributed by atoms with E-state index in [1.807, 2.05) is 6.07 Å². The molecule has 0 aliphatic heterocycles. The summed E-state index contributed by atoms with van der Waals surface area (Å²) in [4.78, 5) is 10.9. The molecule has 0 amide bonds. The molecule has 0 radical (unpaired) electrons. The number of hydrogen-bond donors (Lipinski definition) is 0. The molecule has 0 fully saturated rings. The third kappa shape index (κ3) is 7.51. The monoisotopic (exact) mass is 939 g/mol. The van der Waals surface area contributed by atoms with Gasteiger partial charge in [0.25, 0.3) is 0 Å². The van der Waals surface area contributed by atoms with E-state index in [9.17, 15) is 0 Å². The van der Waals surface area contributed by atoms with Crippen LogP contribution >= 0.6 is 11.3 Å². The maximum absolute atomic E-state index is 5.57. The van der Waals surface area contributed by atoms with Crippen LogP contribution in [0.3, 0.4) is 0 Å². The summed E-state index contributed by atoms with van der Waals surface area (Å²) in [5.74, 6) is 0.710. The Hall–Kier alpha value is -8.70. The number of aromatic nitrogens is 3. The van der Waals surface area contributed by atoms with E-state index in [4.69, 9.17) is 9.97 Å². The van der Waals surface area contributed by atoms with Gasteiger partial charge < -0.3 is 4.57 Å². The van der Waals surface area contributed by atoms with Crippen molar-refractivity contribution in [1.29, 1.82) is 0 Å². The summed E-state index contributed by atoms with van der Waals surface area (Å²) >= 11 is 1.77. The third-order valence-electron chi connectivity index (χ3n) is 14.1. The van der Waals surface area contributed by atoms with E-state index >= 15 is 0 Å². The fraction of sp³-hybridized carbons (Fsp3) is 0.0588. The van der Waals surface area contributed by atoms with Gasteiger partial charge in [-0.1, -0.05) is 221 Å². The van der Waals surface area contributed by atoms with E-state index in [2.05, 4.69) is 262 Å². The predicted octanol–water partition coefficient (Wildman–Crippen LogP) is 18.9. The minimum Gasteiger partial charge on any atom is -0.307 e. The molecule has 10 aromatic carbocycles. The van der Waals surface area contributed by atoms with E-state index < -0.39 is 0 Å². The molecule has 0 saturated heterocycles. The molecule has 342 valence electrons. The van der Waals surface area contributed by atoms with Crippen molar-refractivity contribution in [3.8, 4) is 84.0 Å². The van der Waals surface area contributed by atoms with Crippen LogP contribution in [0, 0.1) is 0 Å². The Morgan fingerprint density at radius 3 is 1.32 bits per heavy atom. The molecule has 3 aromatic heterocycles. The smallest absolute Gasteiger partial charge is 0.160 e. The average molecular weight is 940 g/mol. The van der Waals surface area contributed by atoms with Gasteiger partial charge in [0.2, 0.25) is 0 Å². The highest BCUT2D eigenvalue weighted by Crippen LogP contribution is 2.51. The Labute approximate surface area is 424 Å². The lowest BCUT2D eigenvalue weighted by Gasteiger charge is -2.26. The lowest BCUT2D eigenvalue weighted by atomic mass is 9.83. The van der Waals surface area contributed by atoms with Crippen molar-refractivity contribution in [3.05, 3.63) is 248 Å². The van der Waals surface area contributed by atoms with Crippen molar-refractivity contribution >= 4 is 53.4 Å². The quantitative estimate of drug-likeness (QED) is 0.152. The molecule has 0 aliphatic rings. The van der Waals surface area contributed by atoms with Gasteiger partial charge in [-0.05, 0) is 92.4 Å². The summed E-state index contributed by atoms with van der Waals surface area (Å²) < 4.78 is 4.91. The highest BCUT2D eigenvalue weighted by atomic mass is 32.1. The SMILES string of the molecule is CC(C)(C)c1cc(-c2ccccc2)cc2c3cc(-c4ccccc4)cc(-c4ccccc4)c3n(-c3c(-c4ccccc4)cc(-c4nc(-c5ccccc5)nc5c4sc4ccccc45)cc3-c3ccccc3)c12. The molecular formula is C68H49N3S. The zero-order chi connectivity index (χ0) is 48.3. The Morgan fingerprint density at radius 1 is 0.361 bits per heavy atom. The van der Waals surface area contributed by atoms with Gasteiger partial charge in [-0.15, -0.1) is 11.3 Å². The maximum Gasteiger partial charge on any atom is 0.160 e. The number of fused-ring (bicyclic) bond motifs is 6. The Kier molecular flexibility index (Phi) is 10.6. The summed E-state index contributed by atoms with van der Waals surface area (Å²) in [6, 6.07) is 88.2. The van der Waals surface area contributed by atoms with Crippen LogP contribution in [0.25, 0.3) is 126 Å². The molecule has 3 heterocycles. The normalized spacial score (nSPS) is 11.8. The molecular weight excluding hydrogens is 891 g/mol. The van der Waals surface area contributed by atoms with Crippen LogP contribution in [0.2, 0.25) is 0 Å². The molecule has 0 atom stereocenters. The Balaban J connectivity index is 1.25. The van der Waals surface area contributed by atoms with Gasteiger partial charge in [0.05, 0.1) is 32.6 Å². The van der Waals surface area contributed by atoms with E-state index in [1.54, 1.807) is 11.3 Å². The molecule has 72 heavy (non-hydrogen) atoms. The highest BCUT2D eigenvalue weighted by Gasteiger charge is 2.30. The lowest BCUT2D eigenvalue weighted by molar-refractivity contribution is 0.594. The topological polar surface area (TPSA) is 30.7 Å². The first-order chi connectivity index (χ1) is 35.4. The molecule has 0 spiro atoms. The van der Waals surface area contributed by atoms with Crippen LogP contribution in [0.4, 0.5) is 0 Å².